The van der Waals surface area contributed by atoms with Gasteiger partial charge in [0.05, 0.1) is 0 Å². The maximum Gasteiger partial charge on any atom is 0.0163 e. The normalized spacial score (nSPS) is 13.2. The second-order valence-electron chi connectivity index (χ2n) is 4.03. The van der Waals surface area contributed by atoms with Crippen molar-refractivity contribution in [1.29, 1.82) is 0 Å². The lowest BCUT2D eigenvalue weighted by Gasteiger charge is -2.22. The molecule has 2 nitrogen and oxygen atoms in total. The molecule has 0 rings (SSSR count). The number of hydrogen-bond donors (Lipinski definition) is 1. The number of nitrogens with zero attached hydrogens (tertiary/aromatic N) is 1. The summed E-state index contributed by atoms with van der Waals surface area (Å²) in [5, 5.41) is 0. The van der Waals surface area contributed by atoms with Crippen LogP contribution in [-0.4, -0.2) is 30.6 Å². The van der Waals surface area contributed by atoms with Gasteiger partial charge in [-0.3, -0.25) is 4.90 Å². The lowest BCUT2D eigenvalue weighted by Crippen LogP contribution is -2.33. The fourth-order valence-electron chi connectivity index (χ4n) is 1.29. The highest BCUT2D eigenvalue weighted by Crippen LogP contribution is 2.04. The first kappa shape index (κ1) is 13.4. The Labute approximate surface area is 88.5 Å². The molecule has 0 spiro atoms. The maximum absolute atomic E-state index is 5.98. The molecule has 0 aliphatic rings. The molecule has 0 fully saturated rings. The summed E-state index contributed by atoms with van der Waals surface area (Å²) in [7, 11) is 0. The minimum Gasteiger partial charge on any atom is -0.327 e. The molecule has 0 radical (unpaired) electrons. The van der Waals surface area contributed by atoms with Crippen molar-refractivity contribution >= 4 is 0 Å². The van der Waals surface area contributed by atoms with E-state index in [0.717, 1.165) is 26.1 Å². The first-order valence-corrected chi connectivity index (χ1v) is 5.31. The highest BCUT2D eigenvalue weighted by Gasteiger charge is 2.09. The molecule has 0 aliphatic heterocycles. The average Bonchev–Trinajstić information content (AvgIpc) is 2.14. The van der Waals surface area contributed by atoms with Gasteiger partial charge in [0.15, 0.2) is 0 Å². The van der Waals surface area contributed by atoms with Gasteiger partial charge in [0, 0.05) is 25.7 Å². The fourth-order valence-corrected chi connectivity index (χ4v) is 1.29. The molecule has 0 aromatic heterocycles. The molecule has 2 N–H and O–H groups in total. The third-order valence-electron chi connectivity index (χ3n) is 2.41. The largest absolute Gasteiger partial charge is 0.327 e. The Morgan fingerprint density at radius 2 is 1.71 bits per heavy atom. The molecule has 0 heterocycles. The molecule has 0 aliphatic carbocycles. The predicted molar refractivity (Wildman–Crippen MR) is 64.3 cm³/mol. The highest BCUT2D eigenvalue weighted by molar-refractivity contribution is 4.80. The van der Waals surface area contributed by atoms with Crippen LogP contribution in [0.25, 0.3) is 0 Å². The minimum absolute atomic E-state index is 0.298. The zero-order valence-corrected chi connectivity index (χ0v) is 9.58. The van der Waals surface area contributed by atoms with Crippen molar-refractivity contribution in [2.75, 3.05) is 19.6 Å². The van der Waals surface area contributed by atoms with Gasteiger partial charge in [-0.15, -0.1) is 13.2 Å². The molecule has 1 atom stereocenters. The van der Waals surface area contributed by atoms with Gasteiger partial charge >= 0.3 is 0 Å². The molecule has 0 aromatic carbocycles. The van der Waals surface area contributed by atoms with E-state index in [-0.39, 0.29) is 0 Å². The second-order valence-corrected chi connectivity index (χ2v) is 4.03. The van der Waals surface area contributed by atoms with E-state index in [1.54, 1.807) is 0 Å². The highest BCUT2D eigenvalue weighted by atomic mass is 15.1. The van der Waals surface area contributed by atoms with Crippen LogP contribution >= 0.6 is 0 Å². The Balaban J connectivity index is 3.79. The summed E-state index contributed by atoms with van der Waals surface area (Å²) in [5.74, 6) is 0.560. The average molecular weight is 196 g/mol. The van der Waals surface area contributed by atoms with Crippen LogP contribution in [0.3, 0.4) is 0 Å². The van der Waals surface area contributed by atoms with E-state index >= 15 is 0 Å². The lowest BCUT2D eigenvalue weighted by molar-refractivity contribution is 0.303. The summed E-state index contributed by atoms with van der Waals surface area (Å²) < 4.78 is 0. The summed E-state index contributed by atoms with van der Waals surface area (Å²) in [4.78, 5) is 2.29. The predicted octanol–water partition coefficient (Wildman–Crippen LogP) is 2.03. The monoisotopic (exact) mass is 196 g/mol. The smallest absolute Gasteiger partial charge is 0.0163 e. The lowest BCUT2D eigenvalue weighted by atomic mass is 10.0. The van der Waals surface area contributed by atoms with E-state index in [2.05, 4.69) is 31.9 Å². The topological polar surface area (TPSA) is 29.3 Å². The zero-order valence-electron chi connectivity index (χ0n) is 9.58. The summed E-state index contributed by atoms with van der Waals surface area (Å²) >= 11 is 0. The molecule has 82 valence electrons. The van der Waals surface area contributed by atoms with Crippen molar-refractivity contribution < 1.29 is 0 Å². The van der Waals surface area contributed by atoms with Crippen molar-refractivity contribution in [2.45, 2.75) is 26.3 Å². The molecular formula is C12H24N2. The van der Waals surface area contributed by atoms with Crippen LogP contribution in [0.4, 0.5) is 0 Å². The number of hydrogen-bond acceptors (Lipinski definition) is 2. The minimum atomic E-state index is 0.298. The summed E-state index contributed by atoms with van der Waals surface area (Å²) in [6.45, 7) is 14.7. The van der Waals surface area contributed by atoms with Crippen LogP contribution in [0.5, 0.6) is 0 Å². The SMILES string of the molecule is C=CCN(CC=C)CCC(N)C(C)C. The second kappa shape index (κ2) is 7.77. The van der Waals surface area contributed by atoms with Crippen molar-refractivity contribution in [1.82, 2.24) is 4.90 Å². The van der Waals surface area contributed by atoms with Crippen LogP contribution in [0.2, 0.25) is 0 Å². The van der Waals surface area contributed by atoms with Gasteiger partial charge in [-0.25, -0.2) is 0 Å². The van der Waals surface area contributed by atoms with E-state index in [1.807, 2.05) is 12.2 Å². The molecule has 0 aromatic rings. The summed E-state index contributed by atoms with van der Waals surface area (Å²) in [6, 6.07) is 0.298. The van der Waals surface area contributed by atoms with E-state index in [4.69, 9.17) is 5.73 Å². The van der Waals surface area contributed by atoms with E-state index in [0.29, 0.717) is 12.0 Å². The molecule has 0 saturated carbocycles. The van der Waals surface area contributed by atoms with Gasteiger partial charge < -0.3 is 5.73 Å². The number of nitrogens with two attached hydrogens (primary N) is 1. The summed E-state index contributed by atoms with van der Waals surface area (Å²) in [5.41, 5.74) is 5.98. The van der Waals surface area contributed by atoms with Crippen molar-refractivity contribution in [3.05, 3.63) is 25.3 Å². The van der Waals surface area contributed by atoms with E-state index in [9.17, 15) is 0 Å². The Hall–Kier alpha value is -0.600. The van der Waals surface area contributed by atoms with Crippen LogP contribution in [-0.2, 0) is 0 Å². The van der Waals surface area contributed by atoms with Gasteiger partial charge in [-0.05, 0) is 12.3 Å². The van der Waals surface area contributed by atoms with Crippen molar-refractivity contribution in [2.24, 2.45) is 11.7 Å². The van der Waals surface area contributed by atoms with Gasteiger partial charge in [0.25, 0.3) is 0 Å². The van der Waals surface area contributed by atoms with Gasteiger partial charge in [-0.2, -0.15) is 0 Å². The third kappa shape index (κ3) is 5.95. The van der Waals surface area contributed by atoms with Crippen LogP contribution in [0.1, 0.15) is 20.3 Å². The van der Waals surface area contributed by atoms with Gasteiger partial charge in [-0.1, -0.05) is 26.0 Å². The molecule has 1 unspecified atom stereocenters. The first-order chi connectivity index (χ1) is 6.61. The van der Waals surface area contributed by atoms with Crippen LogP contribution in [0, 0.1) is 5.92 Å². The standard InChI is InChI=1S/C12H24N2/c1-5-8-14(9-6-2)10-7-12(13)11(3)4/h5-6,11-12H,1-2,7-10,13H2,3-4H3. The van der Waals surface area contributed by atoms with Crippen LogP contribution < -0.4 is 5.73 Å². The Morgan fingerprint density at radius 3 is 2.07 bits per heavy atom. The van der Waals surface area contributed by atoms with E-state index in [1.165, 1.54) is 0 Å². The third-order valence-corrected chi connectivity index (χ3v) is 2.41. The summed E-state index contributed by atoms with van der Waals surface area (Å²) in [6.07, 6.45) is 4.88. The van der Waals surface area contributed by atoms with Crippen molar-refractivity contribution in [3.8, 4) is 0 Å². The molecular weight excluding hydrogens is 172 g/mol. The molecule has 14 heavy (non-hydrogen) atoms. The first-order valence-electron chi connectivity index (χ1n) is 5.31. The van der Waals surface area contributed by atoms with Gasteiger partial charge in [0.2, 0.25) is 0 Å². The van der Waals surface area contributed by atoms with Crippen molar-refractivity contribution in [3.63, 3.8) is 0 Å². The van der Waals surface area contributed by atoms with E-state index < -0.39 is 0 Å². The molecule has 0 bridgehead atoms. The van der Waals surface area contributed by atoms with Gasteiger partial charge in [0.1, 0.15) is 0 Å². The number of rotatable bonds is 8. The molecule has 0 amide bonds. The Bertz CT molecular complexity index is 154. The maximum atomic E-state index is 5.98. The Morgan fingerprint density at radius 1 is 1.21 bits per heavy atom. The van der Waals surface area contributed by atoms with Crippen LogP contribution in [0.15, 0.2) is 25.3 Å². The fraction of sp³-hybridized carbons (Fsp3) is 0.667. The quantitative estimate of drug-likeness (QED) is 0.602. The molecule has 2 heteroatoms. The molecule has 0 saturated heterocycles. The zero-order chi connectivity index (χ0) is 11.0. The Kier molecular flexibility index (Phi) is 7.44.